The van der Waals surface area contributed by atoms with Gasteiger partial charge in [-0.3, -0.25) is 9.98 Å². The number of aliphatic imine (C=N–C) groups is 2. The monoisotopic (exact) mass is 438 g/mol. The molecule has 30 heavy (non-hydrogen) atoms. The minimum atomic E-state index is 0.275. The number of rotatable bonds is 8. The van der Waals surface area contributed by atoms with Gasteiger partial charge < -0.3 is 0 Å². The maximum Gasteiger partial charge on any atom is 0.0723 e. The van der Waals surface area contributed by atoms with Crippen LogP contribution in [-0.2, 0) is 0 Å². The van der Waals surface area contributed by atoms with E-state index in [1.165, 1.54) is 33.8 Å². The number of hydrogen-bond donors (Lipinski definition) is 0. The zero-order valence-electron chi connectivity index (χ0n) is 18.6. The topological polar surface area (TPSA) is 24.7 Å². The summed E-state index contributed by atoms with van der Waals surface area (Å²) in [6, 6.07) is 17.7. The largest absolute Gasteiger partial charge is 0.287 e. The highest BCUT2D eigenvalue weighted by molar-refractivity contribution is 8.00. The number of hydrogen-bond acceptors (Lipinski definition) is 4. The second-order valence-corrected chi connectivity index (χ2v) is 11.6. The van der Waals surface area contributed by atoms with Gasteiger partial charge >= 0.3 is 0 Å². The summed E-state index contributed by atoms with van der Waals surface area (Å²) in [7, 11) is 0. The van der Waals surface area contributed by atoms with E-state index >= 15 is 0 Å². The Labute approximate surface area is 191 Å². The Hall–Kier alpha value is -1.52. The molecule has 0 radical (unpaired) electrons. The molecule has 0 aliphatic heterocycles. The number of nitrogens with zero attached hydrogens (tertiary/aromatic N) is 2. The van der Waals surface area contributed by atoms with Crippen LogP contribution in [0.3, 0.4) is 0 Å². The number of thioether (sulfide) groups is 2. The van der Waals surface area contributed by atoms with Gasteiger partial charge in [0.25, 0.3) is 0 Å². The van der Waals surface area contributed by atoms with Crippen LogP contribution in [0, 0.1) is 0 Å². The van der Waals surface area contributed by atoms with Gasteiger partial charge in [0, 0.05) is 43.8 Å². The third kappa shape index (κ3) is 7.02. The fraction of sp³-hybridized carbons (Fsp3) is 0.462. The lowest BCUT2D eigenvalue weighted by Crippen LogP contribution is -2.27. The molecule has 2 aromatic rings. The maximum absolute atomic E-state index is 5.03. The molecule has 1 aliphatic rings. The molecular formula is C26H34N2S2. The third-order valence-corrected chi connectivity index (χ3v) is 7.26. The van der Waals surface area contributed by atoms with Crippen molar-refractivity contribution in [2.75, 3.05) is 0 Å². The SMILES string of the molecule is CC(C)Sc1ccccc1C=N[C@@H]1CCCC[C@H]1N=Cc1ccccc1SC(C)C. The van der Waals surface area contributed by atoms with E-state index in [-0.39, 0.29) is 12.1 Å². The summed E-state index contributed by atoms with van der Waals surface area (Å²) in [5.41, 5.74) is 2.45. The summed E-state index contributed by atoms with van der Waals surface area (Å²) in [6.07, 6.45) is 8.92. The van der Waals surface area contributed by atoms with Crippen LogP contribution < -0.4 is 0 Å². The van der Waals surface area contributed by atoms with Crippen LogP contribution in [0.4, 0.5) is 0 Å². The van der Waals surface area contributed by atoms with E-state index in [2.05, 4.69) is 88.7 Å². The highest BCUT2D eigenvalue weighted by Gasteiger charge is 2.23. The third-order valence-electron chi connectivity index (χ3n) is 5.07. The molecule has 0 aromatic heterocycles. The summed E-state index contributed by atoms with van der Waals surface area (Å²) >= 11 is 3.81. The average molecular weight is 439 g/mol. The fourth-order valence-electron chi connectivity index (χ4n) is 3.69. The molecule has 160 valence electrons. The van der Waals surface area contributed by atoms with E-state index in [4.69, 9.17) is 9.98 Å². The highest BCUT2D eigenvalue weighted by Crippen LogP contribution is 2.29. The van der Waals surface area contributed by atoms with E-state index in [0.29, 0.717) is 10.5 Å². The molecule has 2 nitrogen and oxygen atoms in total. The van der Waals surface area contributed by atoms with Crippen LogP contribution in [0.1, 0.15) is 64.5 Å². The van der Waals surface area contributed by atoms with E-state index in [1.54, 1.807) is 0 Å². The molecule has 1 fully saturated rings. The summed E-state index contributed by atoms with van der Waals surface area (Å²) in [5.74, 6) is 0. The molecule has 1 aliphatic carbocycles. The Morgan fingerprint density at radius 1 is 0.700 bits per heavy atom. The molecule has 0 bridgehead atoms. The lowest BCUT2D eigenvalue weighted by molar-refractivity contribution is 0.390. The summed E-state index contributed by atoms with van der Waals surface area (Å²) in [6.45, 7) is 8.94. The van der Waals surface area contributed by atoms with E-state index in [1.807, 2.05) is 23.5 Å². The van der Waals surface area contributed by atoms with Gasteiger partial charge in [-0.05, 0) is 25.0 Å². The molecule has 2 atom stereocenters. The van der Waals surface area contributed by atoms with Crippen molar-refractivity contribution in [3.05, 3.63) is 59.7 Å². The molecule has 0 amide bonds. The first-order valence-electron chi connectivity index (χ1n) is 11.1. The Morgan fingerprint density at radius 2 is 1.10 bits per heavy atom. The van der Waals surface area contributed by atoms with E-state index < -0.39 is 0 Å². The Morgan fingerprint density at radius 3 is 1.50 bits per heavy atom. The van der Waals surface area contributed by atoms with Crippen molar-refractivity contribution in [1.82, 2.24) is 0 Å². The zero-order chi connectivity index (χ0) is 21.3. The summed E-state index contributed by atoms with van der Waals surface area (Å²) < 4.78 is 0. The van der Waals surface area contributed by atoms with Gasteiger partial charge in [-0.2, -0.15) is 0 Å². The van der Waals surface area contributed by atoms with Gasteiger partial charge in [0.2, 0.25) is 0 Å². The van der Waals surface area contributed by atoms with Crippen LogP contribution >= 0.6 is 23.5 Å². The molecule has 0 spiro atoms. The van der Waals surface area contributed by atoms with Gasteiger partial charge in [0.15, 0.2) is 0 Å². The van der Waals surface area contributed by atoms with Crippen molar-refractivity contribution in [3.63, 3.8) is 0 Å². The maximum atomic E-state index is 5.03. The normalized spacial score (nSPS) is 20.1. The van der Waals surface area contributed by atoms with E-state index in [0.717, 1.165) is 12.8 Å². The molecule has 0 N–H and O–H groups in total. The smallest absolute Gasteiger partial charge is 0.0723 e. The van der Waals surface area contributed by atoms with Gasteiger partial charge in [-0.25, -0.2) is 0 Å². The Kier molecular flexibility index (Phi) is 9.07. The first-order valence-corrected chi connectivity index (χ1v) is 12.9. The van der Waals surface area contributed by atoms with E-state index in [9.17, 15) is 0 Å². The van der Waals surface area contributed by atoms with Crippen molar-refractivity contribution < 1.29 is 0 Å². The van der Waals surface area contributed by atoms with Crippen LogP contribution in [0.15, 0.2) is 68.3 Å². The number of benzene rings is 2. The summed E-state index contributed by atoms with van der Waals surface area (Å²) in [4.78, 5) is 12.7. The predicted molar refractivity (Wildman–Crippen MR) is 136 cm³/mol. The molecule has 3 rings (SSSR count). The molecule has 0 heterocycles. The Balaban J connectivity index is 1.75. The van der Waals surface area contributed by atoms with Crippen molar-refractivity contribution in [1.29, 1.82) is 0 Å². The minimum absolute atomic E-state index is 0.275. The van der Waals surface area contributed by atoms with Gasteiger partial charge in [-0.15, -0.1) is 23.5 Å². The van der Waals surface area contributed by atoms with Crippen LogP contribution in [0.2, 0.25) is 0 Å². The minimum Gasteiger partial charge on any atom is -0.287 e. The summed E-state index contributed by atoms with van der Waals surface area (Å²) in [5, 5.41) is 1.13. The molecule has 2 aromatic carbocycles. The Bertz CT molecular complexity index is 786. The second-order valence-electron chi connectivity index (χ2n) is 8.38. The molecule has 4 heteroatoms. The lowest BCUT2D eigenvalue weighted by atomic mass is 9.91. The molecule has 0 unspecified atom stereocenters. The molecule has 1 saturated carbocycles. The van der Waals surface area contributed by atoms with Gasteiger partial charge in [0.1, 0.15) is 0 Å². The van der Waals surface area contributed by atoms with Crippen molar-refractivity contribution >= 4 is 36.0 Å². The quantitative estimate of drug-likeness (QED) is 0.314. The molecular weight excluding hydrogens is 404 g/mol. The van der Waals surface area contributed by atoms with Crippen LogP contribution in [0.25, 0.3) is 0 Å². The fourth-order valence-corrected chi connectivity index (χ4v) is 5.53. The first-order chi connectivity index (χ1) is 14.5. The van der Waals surface area contributed by atoms with Crippen LogP contribution in [-0.4, -0.2) is 35.0 Å². The lowest BCUT2D eigenvalue weighted by Gasteiger charge is -2.25. The average Bonchev–Trinajstić information content (AvgIpc) is 2.72. The van der Waals surface area contributed by atoms with Crippen LogP contribution in [0.5, 0.6) is 0 Å². The first kappa shape index (κ1) is 23.1. The predicted octanol–water partition coefficient (Wildman–Crippen LogP) is 7.54. The van der Waals surface area contributed by atoms with Crippen molar-refractivity contribution in [3.8, 4) is 0 Å². The van der Waals surface area contributed by atoms with Crippen molar-refractivity contribution in [2.45, 2.75) is 85.8 Å². The van der Waals surface area contributed by atoms with Gasteiger partial charge in [-0.1, -0.05) is 76.9 Å². The molecule has 0 saturated heterocycles. The second kappa shape index (κ2) is 11.8. The highest BCUT2D eigenvalue weighted by atomic mass is 32.2. The zero-order valence-corrected chi connectivity index (χ0v) is 20.3. The van der Waals surface area contributed by atoms with Gasteiger partial charge in [0.05, 0.1) is 12.1 Å². The van der Waals surface area contributed by atoms with Crippen molar-refractivity contribution in [2.24, 2.45) is 9.98 Å². The standard InChI is InChI=1S/C26H34N2S2/c1-19(2)29-25-15-9-5-11-21(25)17-27-23-13-7-8-14-24(23)28-18-22-12-6-10-16-26(22)30-20(3)4/h5-6,9-12,15-20,23-24H,7-8,13-14H2,1-4H3/t23-,24-/m1/s1.